The van der Waals surface area contributed by atoms with E-state index in [9.17, 15) is 4.79 Å². The first-order chi connectivity index (χ1) is 11.5. The Bertz CT molecular complexity index is 704. The van der Waals surface area contributed by atoms with Gasteiger partial charge in [-0.05, 0) is 49.1 Å². The number of amides is 1. The zero-order valence-corrected chi connectivity index (χ0v) is 14.7. The molecule has 4 nitrogen and oxygen atoms in total. The molecule has 0 spiro atoms. The van der Waals surface area contributed by atoms with E-state index in [1.165, 1.54) is 11.1 Å². The minimum absolute atomic E-state index is 0.0413. The van der Waals surface area contributed by atoms with Gasteiger partial charge < -0.3 is 15.7 Å². The topological polar surface area (TPSA) is 61.4 Å². The van der Waals surface area contributed by atoms with Gasteiger partial charge in [0.15, 0.2) is 0 Å². The van der Waals surface area contributed by atoms with Crippen molar-refractivity contribution in [1.29, 1.82) is 0 Å². The number of hydrogen-bond acceptors (Lipinski definition) is 3. The second kappa shape index (κ2) is 8.71. The molecule has 1 atom stereocenters. The van der Waals surface area contributed by atoms with Gasteiger partial charge in [0.2, 0.25) is 5.91 Å². The lowest BCUT2D eigenvalue weighted by Crippen LogP contribution is -2.38. The standard InChI is InChI=1S/C19H23ClN2O2/c1-13-5-3-4-6-16(13)9-14(2)22-19(24)11-21-18-10-15(12-23)7-8-17(18)20/h3-8,10,14,21,23H,9,11-12H2,1-2H3,(H,22,24). The van der Waals surface area contributed by atoms with Gasteiger partial charge in [0.25, 0.3) is 0 Å². The molecule has 1 unspecified atom stereocenters. The second-order valence-corrected chi connectivity index (χ2v) is 6.33. The number of aliphatic hydroxyl groups is 1. The molecule has 2 rings (SSSR count). The predicted octanol–water partition coefficient (Wildman–Crippen LogP) is 3.30. The molecule has 0 saturated carbocycles. The van der Waals surface area contributed by atoms with Crippen LogP contribution in [0.15, 0.2) is 42.5 Å². The molecule has 0 aliphatic heterocycles. The first kappa shape index (κ1) is 18.3. The number of carbonyl (C=O) groups excluding carboxylic acids is 1. The highest BCUT2D eigenvalue weighted by molar-refractivity contribution is 6.33. The molecule has 1 amide bonds. The summed E-state index contributed by atoms with van der Waals surface area (Å²) in [5.41, 5.74) is 3.85. The summed E-state index contributed by atoms with van der Waals surface area (Å²) in [6, 6.07) is 13.4. The Morgan fingerprint density at radius 2 is 2.00 bits per heavy atom. The van der Waals surface area contributed by atoms with Gasteiger partial charge >= 0.3 is 0 Å². The fraction of sp³-hybridized carbons (Fsp3) is 0.316. The minimum atomic E-state index is -0.0958. The molecule has 0 radical (unpaired) electrons. The molecule has 0 aromatic heterocycles. The highest BCUT2D eigenvalue weighted by atomic mass is 35.5. The Kier molecular flexibility index (Phi) is 6.64. The van der Waals surface area contributed by atoms with Gasteiger partial charge in [0.1, 0.15) is 0 Å². The summed E-state index contributed by atoms with van der Waals surface area (Å²) < 4.78 is 0. The van der Waals surface area contributed by atoms with Crippen LogP contribution in [0.2, 0.25) is 5.02 Å². The lowest BCUT2D eigenvalue weighted by Gasteiger charge is -2.16. The van der Waals surface area contributed by atoms with Gasteiger partial charge in [-0.15, -0.1) is 0 Å². The zero-order valence-electron chi connectivity index (χ0n) is 14.0. The summed E-state index contributed by atoms with van der Waals surface area (Å²) >= 11 is 6.09. The fourth-order valence-corrected chi connectivity index (χ4v) is 2.71. The van der Waals surface area contributed by atoms with Crippen LogP contribution in [-0.2, 0) is 17.8 Å². The van der Waals surface area contributed by atoms with Crippen molar-refractivity contribution in [3.05, 3.63) is 64.2 Å². The molecule has 2 aromatic rings. The Morgan fingerprint density at radius 3 is 2.71 bits per heavy atom. The lowest BCUT2D eigenvalue weighted by atomic mass is 10.0. The van der Waals surface area contributed by atoms with Gasteiger partial charge in [0, 0.05) is 6.04 Å². The minimum Gasteiger partial charge on any atom is -0.392 e. The number of anilines is 1. The van der Waals surface area contributed by atoms with Crippen LogP contribution in [-0.4, -0.2) is 23.6 Å². The van der Waals surface area contributed by atoms with Crippen LogP contribution in [0.3, 0.4) is 0 Å². The average molecular weight is 347 g/mol. The normalized spacial score (nSPS) is 11.8. The third-order valence-electron chi connectivity index (χ3n) is 3.85. The maximum absolute atomic E-state index is 12.1. The van der Waals surface area contributed by atoms with Crippen molar-refractivity contribution < 1.29 is 9.90 Å². The van der Waals surface area contributed by atoms with Crippen LogP contribution in [0.1, 0.15) is 23.6 Å². The number of rotatable bonds is 7. The monoisotopic (exact) mass is 346 g/mol. The van der Waals surface area contributed by atoms with Crippen molar-refractivity contribution in [3.63, 3.8) is 0 Å². The van der Waals surface area contributed by atoms with Gasteiger partial charge in [0.05, 0.1) is 23.9 Å². The Balaban J connectivity index is 1.86. The fourth-order valence-electron chi connectivity index (χ4n) is 2.53. The van der Waals surface area contributed by atoms with E-state index in [1.54, 1.807) is 18.2 Å². The van der Waals surface area contributed by atoms with Crippen LogP contribution in [0.25, 0.3) is 0 Å². The average Bonchev–Trinajstić information content (AvgIpc) is 2.56. The molecule has 2 aromatic carbocycles. The molecule has 128 valence electrons. The van der Waals surface area contributed by atoms with Gasteiger partial charge in [-0.25, -0.2) is 0 Å². The van der Waals surface area contributed by atoms with Crippen molar-refractivity contribution in [3.8, 4) is 0 Å². The Morgan fingerprint density at radius 1 is 1.25 bits per heavy atom. The van der Waals surface area contributed by atoms with Crippen LogP contribution in [0, 0.1) is 6.92 Å². The highest BCUT2D eigenvalue weighted by Crippen LogP contribution is 2.22. The SMILES string of the molecule is Cc1ccccc1CC(C)NC(=O)CNc1cc(CO)ccc1Cl. The lowest BCUT2D eigenvalue weighted by molar-refractivity contribution is -0.119. The van der Waals surface area contributed by atoms with Gasteiger partial charge in [-0.2, -0.15) is 0 Å². The van der Waals surface area contributed by atoms with Gasteiger partial charge in [-0.3, -0.25) is 4.79 Å². The summed E-state index contributed by atoms with van der Waals surface area (Å²) in [7, 11) is 0. The van der Waals surface area contributed by atoms with Crippen molar-refractivity contribution in [2.24, 2.45) is 0 Å². The largest absolute Gasteiger partial charge is 0.392 e. The number of aliphatic hydroxyl groups excluding tert-OH is 1. The van der Waals surface area contributed by atoms with Crippen LogP contribution in [0.4, 0.5) is 5.69 Å². The van der Waals surface area contributed by atoms with Gasteiger partial charge in [-0.1, -0.05) is 41.9 Å². The van der Waals surface area contributed by atoms with E-state index in [1.807, 2.05) is 19.1 Å². The molecule has 0 aliphatic carbocycles. The number of halogens is 1. The molecule has 0 aliphatic rings. The van der Waals surface area contributed by atoms with E-state index in [-0.39, 0.29) is 25.1 Å². The van der Waals surface area contributed by atoms with E-state index in [4.69, 9.17) is 16.7 Å². The zero-order chi connectivity index (χ0) is 17.5. The molecule has 24 heavy (non-hydrogen) atoms. The predicted molar refractivity (Wildman–Crippen MR) is 98.4 cm³/mol. The molecular formula is C19H23ClN2O2. The second-order valence-electron chi connectivity index (χ2n) is 5.93. The van der Waals surface area contributed by atoms with E-state index in [0.29, 0.717) is 10.7 Å². The number of nitrogens with one attached hydrogen (secondary N) is 2. The molecule has 0 saturated heterocycles. The molecule has 0 heterocycles. The number of aryl methyl sites for hydroxylation is 1. The van der Waals surface area contributed by atoms with Crippen LogP contribution in [0.5, 0.6) is 0 Å². The van der Waals surface area contributed by atoms with Crippen LogP contribution >= 0.6 is 11.6 Å². The third kappa shape index (κ3) is 5.25. The maximum Gasteiger partial charge on any atom is 0.239 e. The molecule has 3 N–H and O–H groups in total. The molecular weight excluding hydrogens is 324 g/mol. The van der Waals surface area contributed by atoms with Crippen molar-refractivity contribution in [2.45, 2.75) is 32.9 Å². The third-order valence-corrected chi connectivity index (χ3v) is 4.18. The van der Waals surface area contributed by atoms with E-state index in [2.05, 4.69) is 29.7 Å². The van der Waals surface area contributed by atoms with E-state index >= 15 is 0 Å². The van der Waals surface area contributed by atoms with E-state index in [0.717, 1.165) is 12.0 Å². The number of carbonyl (C=O) groups is 1. The smallest absolute Gasteiger partial charge is 0.239 e. The first-order valence-corrected chi connectivity index (χ1v) is 8.34. The summed E-state index contributed by atoms with van der Waals surface area (Å²) in [6.45, 7) is 4.13. The van der Waals surface area contributed by atoms with E-state index < -0.39 is 0 Å². The Labute approximate surface area is 147 Å². The molecule has 5 heteroatoms. The first-order valence-electron chi connectivity index (χ1n) is 7.96. The number of benzene rings is 2. The summed E-state index contributed by atoms with van der Waals surface area (Å²) in [6.07, 6.45) is 0.791. The summed E-state index contributed by atoms with van der Waals surface area (Å²) in [4.78, 5) is 12.1. The maximum atomic E-state index is 12.1. The van der Waals surface area contributed by atoms with Crippen molar-refractivity contribution >= 4 is 23.2 Å². The summed E-state index contributed by atoms with van der Waals surface area (Å²) in [5.74, 6) is -0.0958. The Hall–Kier alpha value is -2.04. The number of hydrogen-bond donors (Lipinski definition) is 3. The van der Waals surface area contributed by atoms with Crippen LogP contribution < -0.4 is 10.6 Å². The highest BCUT2D eigenvalue weighted by Gasteiger charge is 2.10. The van der Waals surface area contributed by atoms with Crippen molar-refractivity contribution in [1.82, 2.24) is 5.32 Å². The molecule has 0 fully saturated rings. The summed E-state index contributed by atoms with van der Waals surface area (Å²) in [5, 5.41) is 15.7. The van der Waals surface area contributed by atoms with Crippen molar-refractivity contribution in [2.75, 3.05) is 11.9 Å². The molecule has 0 bridgehead atoms. The quantitative estimate of drug-likeness (QED) is 0.721.